The van der Waals surface area contributed by atoms with Crippen molar-refractivity contribution in [1.82, 2.24) is 10.3 Å². The predicted molar refractivity (Wildman–Crippen MR) is 112 cm³/mol. The van der Waals surface area contributed by atoms with E-state index < -0.39 is 23.5 Å². The number of nitrogens with zero attached hydrogens (tertiary/aromatic N) is 2. The molecule has 0 bridgehead atoms. The summed E-state index contributed by atoms with van der Waals surface area (Å²) < 4.78 is 52.1. The molecule has 0 atom stereocenters. The molecule has 31 heavy (non-hydrogen) atoms. The largest absolute Gasteiger partial charge is 0.419 e. The van der Waals surface area contributed by atoms with Crippen molar-refractivity contribution in [2.45, 2.75) is 50.9 Å². The van der Waals surface area contributed by atoms with Crippen LogP contribution in [-0.4, -0.2) is 37.1 Å². The number of aromatic nitrogens is 1. The van der Waals surface area contributed by atoms with Gasteiger partial charge in [-0.15, -0.1) is 0 Å². The number of aryl methyl sites for hydroxylation is 1. The molecule has 3 rings (SSSR count). The molecule has 2 aromatic rings. The Bertz CT molecular complexity index is 938. The Morgan fingerprint density at radius 1 is 1.10 bits per heavy atom. The Hall–Kier alpha value is -2.84. The Labute approximate surface area is 178 Å². The van der Waals surface area contributed by atoms with Gasteiger partial charge in [-0.2, -0.15) is 13.2 Å². The van der Waals surface area contributed by atoms with E-state index in [2.05, 4.69) is 15.6 Å². The van der Waals surface area contributed by atoms with Crippen LogP contribution in [-0.2, 0) is 6.18 Å². The van der Waals surface area contributed by atoms with Crippen molar-refractivity contribution in [2.75, 3.05) is 24.3 Å². The summed E-state index contributed by atoms with van der Waals surface area (Å²) in [7, 11) is 3.94. The van der Waals surface area contributed by atoms with Gasteiger partial charge in [-0.25, -0.2) is 9.37 Å². The Morgan fingerprint density at radius 2 is 1.74 bits per heavy atom. The van der Waals surface area contributed by atoms with Gasteiger partial charge >= 0.3 is 6.18 Å². The van der Waals surface area contributed by atoms with Crippen molar-refractivity contribution in [3.05, 3.63) is 53.0 Å². The zero-order chi connectivity index (χ0) is 22.8. The van der Waals surface area contributed by atoms with Crippen molar-refractivity contribution in [3.63, 3.8) is 0 Å². The van der Waals surface area contributed by atoms with E-state index in [1.807, 2.05) is 38.2 Å². The van der Waals surface area contributed by atoms with Crippen molar-refractivity contribution < 1.29 is 22.4 Å². The number of benzene rings is 1. The number of carbonyl (C=O) groups is 1. The first kappa shape index (κ1) is 22.8. The molecule has 1 heterocycles. The molecule has 0 unspecified atom stereocenters. The molecule has 168 valence electrons. The van der Waals surface area contributed by atoms with Crippen LogP contribution < -0.4 is 15.5 Å². The molecule has 1 aliphatic rings. The van der Waals surface area contributed by atoms with Crippen molar-refractivity contribution >= 4 is 17.4 Å². The molecule has 1 aromatic heterocycles. The van der Waals surface area contributed by atoms with Crippen LogP contribution in [0.25, 0.3) is 0 Å². The summed E-state index contributed by atoms with van der Waals surface area (Å²) in [5, 5.41) is 6.19. The lowest BCUT2D eigenvalue weighted by atomic mass is 9.91. The fourth-order valence-electron chi connectivity index (χ4n) is 3.82. The van der Waals surface area contributed by atoms with Gasteiger partial charge in [-0.3, -0.25) is 4.79 Å². The third kappa shape index (κ3) is 5.65. The van der Waals surface area contributed by atoms with Gasteiger partial charge in [0.1, 0.15) is 11.6 Å². The first-order chi connectivity index (χ1) is 14.5. The molecule has 1 saturated carbocycles. The number of carbonyl (C=O) groups excluding carboxylic acids is 1. The number of rotatable bonds is 5. The number of pyridine rings is 1. The normalized spacial score (nSPS) is 19.1. The maximum atomic E-state index is 13.4. The number of hydrogen-bond acceptors (Lipinski definition) is 4. The average Bonchev–Trinajstić information content (AvgIpc) is 2.70. The summed E-state index contributed by atoms with van der Waals surface area (Å²) in [5.41, 5.74) is 0.525. The number of hydrogen-bond donors (Lipinski definition) is 2. The summed E-state index contributed by atoms with van der Waals surface area (Å²) >= 11 is 0. The van der Waals surface area contributed by atoms with Crippen LogP contribution in [0.4, 0.5) is 29.1 Å². The van der Waals surface area contributed by atoms with Crippen LogP contribution in [0, 0.1) is 12.7 Å². The van der Waals surface area contributed by atoms with Gasteiger partial charge in [-0.05, 0) is 56.4 Å². The first-order valence-corrected chi connectivity index (χ1v) is 10.1. The van der Waals surface area contributed by atoms with Crippen LogP contribution in [0.15, 0.2) is 30.5 Å². The fourth-order valence-corrected chi connectivity index (χ4v) is 3.82. The molecule has 9 heteroatoms. The van der Waals surface area contributed by atoms with E-state index in [1.165, 1.54) is 0 Å². The zero-order valence-corrected chi connectivity index (χ0v) is 17.7. The van der Waals surface area contributed by atoms with Gasteiger partial charge in [0.15, 0.2) is 0 Å². The van der Waals surface area contributed by atoms with Gasteiger partial charge in [0.05, 0.1) is 5.56 Å². The maximum Gasteiger partial charge on any atom is 0.419 e. The van der Waals surface area contributed by atoms with Crippen LogP contribution in [0.2, 0.25) is 0 Å². The van der Waals surface area contributed by atoms with Gasteiger partial charge in [-0.1, -0.05) is 0 Å². The standard InChI is InChI=1S/C22H26F4N4O/c1-13-12-27-20(11-19(13)30(2)3)28-15-5-7-16(8-6-15)29-21(31)14-4-9-18(23)17(10-14)22(24,25)26/h4,9-12,15-16H,5-8H2,1-3H3,(H,27,28)(H,29,31). The van der Waals surface area contributed by atoms with Gasteiger partial charge in [0, 0.05) is 49.7 Å². The highest BCUT2D eigenvalue weighted by atomic mass is 19.4. The van der Waals surface area contributed by atoms with Crippen LogP contribution in [0.3, 0.4) is 0 Å². The minimum Gasteiger partial charge on any atom is -0.377 e. The molecule has 1 fully saturated rings. The third-order valence-electron chi connectivity index (χ3n) is 5.50. The topological polar surface area (TPSA) is 57.3 Å². The fraction of sp³-hybridized carbons (Fsp3) is 0.455. The molecule has 0 saturated heterocycles. The highest BCUT2D eigenvalue weighted by molar-refractivity contribution is 5.94. The molecule has 1 aromatic carbocycles. The second-order valence-corrected chi connectivity index (χ2v) is 8.11. The Morgan fingerprint density at radius 3 is 2.35 bits per heavy atom. The molecule has 0 spiro atoms. The third-order valence-corrected chi connectivity index (χ3v) is 5.50. The number of halogens is 4. The molecular weight excluding hydrogens is 412 g/mol. The lowest BCUT2D eigenvalue weighted by molar-refractivity contribution is -0.140. The summed E-state index contributed by atoms with van der Waals surface area (Å²) in [5.74, 6) is -1.23. The number of nitrogens with one attached hydrogen (secondary N) is 2. The molecular formula is C22H26F4N4O. The highest BCUT2D eigenvalue weighted by Gasteiger charge is 2.35. The van der Waals surface area contributed by atoms with Gasteiger partial charge in [0.25, 0.3) is 5.91 Å². The van der Waals surface area contributed by atoms with Crippen LogP contribution >= 0.6 is 0 Å². The molecule has 5 nitrogen and oxygen atoms in total. The lowest BCUT2D eigenvalue weighted by Gasteiger charge is -2.30. The van der Waals surface area contributed by atoms with Gasteiger partial charge in [0.2, 0.25) is 0 Å². The SMILES string of the molecule is Cc1cnc(NC2CCC(NC(=O)c3ccc(F)c(C(F)(F)F)c3)CC2)cc1N(C)C. The molecule has 2 N–H and O–H groups in total. The van der Waals surface area contributed by atoms with E-state index in [1.54, 1.807) is 0 Å². The number of alkyl halides is 3. The van der Waals surface area contributed by atoms with E-state index in [9.17, 15) is 22.4 Å². The quantitative estimate of drug-likeness (QED) is 0.661. The summed E-state index contributed by atoms with van der Waals surface area (Å²) in [6.07, 6.45) is -0.0850. The van der Waals surface area contributed by atoms with Crippen LogP contribution in [0.1, 0.15) is 47.2 Å². The van der Waals surface area contributed by atoms with E-state index in [0.29, 0.717) is 25.0 Å². The zero-order valence-electron chi connectivity index (χ0n) is 17.7. The van der Waals surface area contributed by atoms with E-state index >= 15 is 0 Å². The second-order valence-electron chi connectivity index (χ2n) is 8.11. The van der Waals surface area contributed by atoms with Gasteiger partial charge < -0.3 is 15.5 Å². The van der Waals surface area contributed by atoms with E-state index in [4.69, 9.17) is 0 Å². The average molecular weight is 438 g/mol. The molecule has 1 aliphatic carbocycles. The minimum atomic E-state index is -4.85. The van der Waals surface area contributed by atoms with Crippen molar-refractivity contribution in [3.8, 4) is 0 Å². The first-order valence-electron chi connectivity index (χ1n) is 10.1. The molecule has 0 aliphatic heterocycles. The highest BCUT2D eigenvalue weighted by Crippen LogP contribution is 2.32. The Kier molecular flexibility index (Phi) is 6.71. The Balaban J connectivity index is 1.56. The van der Waals surface area contributed by atoms with E-state index in [0.717, 1.165) is 36.0 Å². The second kappa shape index (κ2) is 9.11. The summed E-state index contributed by atoms with van der Waals surface area (Å²) in [6, 6.07) is 4.35. The number of amides is 1. The smallest absolute Gasteiger partial charge is 0.377 e. The number of anilines is 2. The monoisotopic (exact) mass is 438 g/mol. The molecule has 1 amide bonds. The summed E-state index contributed by atoms with van der Waals surface area (Å²) in [4.78, 5) is 18.8. The summed E-state index contributed by atoms with van der Waals surface area (Å²) in [6.45, 7) is 2.00. The van der Waals surface area contributed by atoms with Crippen LogP contribution in [0.5, 0.6) is 0 Å². The lowest BCUT2D eigenvalue weighted by Crippen LogP contribution is -2.40. The van der Waals surface area contributed by atoms with Crippen molar-refractivity contribution in [2.24, 2.45) is 0 Å². The van der Waals surface area contributed by atoms with E-state index in [-0.39, 0.29) is 17.6 Å². The minimum absolute atomic E-state index is 0.145. The molecule has 0 radical (unpaired) electrons. The maximum absolute atomic E-state index is 13.4. The van der Waals surface area contributed by atoms with Crippen molar-refractivity contribution in [1.29, 1.82) is 0 Å². The predicted octanol–water partition coefficient (Wildman–Crippen LogP) is 4.77.